The van der Waals surface area contributed by atoms with Gasteiger partial charge in [-0.1, -0.05) is 26.0 Å². The predicted octanol–water partition coefficient (Wildman–Crippen LogP) is 3.56. The Labute approximate surface area is 126 Å². The second-order valence-electron chi connectivity index (χ2n) is 6.10. The first-order chi connectivity index (χ1) is 9.73. The number of carboxylic acid groups (broad SMARTS) is 1. The number of carbonyl (C=O) groups excluding carboxylic acids is 1. The second kappa shape index (κ2) is 7.25. The van der Waals surface area contributed by atoms with E-state index in [2.05, 4.69) is 19.2 Å². The van der Waals surface area contributed by atoms with E-state index in [4.69, 9.17) is 0 Å². The van der Waals surface area contributed by atoms with E-state index in [1.165, 1.54) is 0 Å². The molecular weight excluding hydrogens is 266 g/mol. The molecule has 0 saturated carbocycles. The van der Waals surface area contributed by atoms with Crippen LogP contribution in [0.2, 0.25) is 0 Å². The maximum Gasteiger partial charge on any atom is 0.336 e. The van der Waals surface area contributed by atoms with E-state index in [0.29, 0.717) is 17.0 Å². The van der Waals surface area contributed by atoms with Gasteiger partial charge in [0.05, 0.1) is 11.1 Å². The van der Waals surface area contributed by atoms with E-state index in [9.17, 15) is 14.7 Å². The SMILES string of the molecule is Cc1ccc(C)c(C(=O)NC(C)CCC(C)C)c1C(=O)O. The molecule has 1 amide bonds. The third-order valence-corrected chi connectivity index (χ3v) is 3.62. The van der Waals surface area contributed by atoms with Gasteiger partial charge in [-0.2, -0.15) is 0 Å². The Kier molecular flexibility index (Phi) is 5.94. The molecule has 0 fully saturated rings. The van der Waals surface area contributed by atoms with Crippen molar-refractivity contribution in [3.8, 4) is 0 Å². The Bertz CT molecular complexity index is 535. The fourth-order valence-electron chi connectivity index (χ4n) is 2.33. The Morgan fingerprint density at radius 1 is 1.05 bits per heavy atom. The Balaban J connectivity index is 2.97. The van der Waals surface area contributed by atoms with Crippen LogP contribution < -0.4 is 5.32 Å². The van der Waals surface area contributed by atoms with Crippen molar-refractivity contribution in [3.05, 3.63) is 34.4 Å². The van der Waals surface area contributed by atoms with E-state index in [1.54, 1.807) is 26.0 Å². The number of aromatic carboxylic acids is 1. The zero-order chi connectivity index (χ0) is 16.2. The van der Waals surface area contributed by atoms with Crippen molar-refractivity contribution in [2.75, 3.05) is 0 Å². The number of hydrogen-bond acceptors (Lipinski definition) is 2. The third-order valence-electron chi connectivity index (χ3n) is 3.62. The van der Waals surface area contributed by atoms with Crippen LogP contribution in [0.15, 0.2) is 12.1 Å². The molecule has 0 aliphatic carbocycles. The van der Waals surface area contributed by atoms with Crippen LogP contribution in [0.4, 0.5) is 0 Å². The first-order valence-corrected chi connectivity index (χ1v) is 7.38. The molecule has 4 nitrogen and oxygen atoms in total. The molecule has 1 unspecified atom stereocenters. The Hall–Kier alpha value is -1.84. The Morgan fingerprint density at radius 2 is 1.57 bits per heavy atom. The second-order valence-corrected chi connectivity index (χ2v) is 6.10. The van der Waals surface area contributed by atoms with Gasteiger partial charge in [0.1, 0.15) is 0 Å². The van der Waals surface area contributed by atoms with Crippen molar-refractivity contribution in [3.63, 3.8) is 0 Å². The van der Waals surface area contributed by atoms with Gasteiger partial charge in [-0.25, -0.2) is 4.79 Å². The van der Waals surface area contributed by atoms with Crippen molar-refractivity contribution in [2.45, 2.75) is 53.5 Å². The number of aryl methyl sites for hydroxylation is 2. The highest BCUT2D eigenvalue weighted by Gasteiger charge is 2.22. The summed E-state index contributed by atoms with van der Waals surface area (Å²) in [6.45, 7) is 9.71. The van der Waals surface area contributed by atoms with Gasteiger partial charge >= 0.3 is 5.97 Å². The average molecular weight is 291 g/mol. The minimum atomic E-state index is -1.06. The summed E-state index contributed by atoms with van der Waals surface area (Å²) in [4.78, 5) is 23.8. The number of benzene rings is 1. The maximum atomic E-state index is 12.4. The molecule has 1 aromatic rings. The van der Waals surface area contributed by atoms with Crippen molar-refractivity contribution >= 4 is 11.9 Å². The van der Waals surface area contributed by atoms with E-state index in [1.807, 2.05) is 6.92 Å². The van der Waals surface area contributed by atoms with Crippen LogP contribution >= 0.6 is 0 Å². The molecule has 0 radical (unpaired) electrons. The molecule has 0 aliphatic heterocycles. The first-order valence-electron chi connectivity index (χ1n) is 7.38. The monoisotopic (exact) mass is 291 g/mol. The van der Waals surface area contributed by atoms with Gasteiger partial charge in [-0.15, -0.1) is 0 Å². The van der Waals surface area contributed by atoms with Crippen molar-refractivity contribution in [1.82, 2.24) is 5.32 Å². The maximum absolute atomic E-state index is 12.4. The van der Waals surface area contributed by atoms with Crippen LogP contribution in [0.3, 0.4) is 0 Å². The van der Waals surface area contributed by atoms with Crippen molar-refractivity contribution in [2.24, 2.45) is 5.92 Å². The topological polar surface area (TPSA) is 66.4 Å². The molecule has 0 bridgehead atoms. The zero-order valence-corrected chi connectivity index (χ0v) is 13.5. The van der Waals surface area contributed by atoms with E-state index >= 15 is 0 Å². The molecule has 0 spiro atoms. The lowest BCUT2D eigenvalue weighted by molar-refractivity contribution is 0.0689. The summed E-state index contributed by atoms with van der Waals surface area (Å²) in [6.07, 6.45) is 1.91. The number of nitrogens with one attached hydrogen (secondary N) is 1. The van der Waals surface area contributed by atoms with Gasteiger partial charge < -0.3 is 10.4 Å². The van der Waals surface area contributed by atoms with Gasteiger partial charge in [0.25, 0.3) is 5.91 Å². The number of rotatable bonds is 6. The number of hydrogen-bond donors (Lipinski definition) is 2. The highest BCUT2D eigenvalue weighted by atomic mass is 16.4. The molecule has 0 aromatic heterocycles. The largest absolute Gasteiger partial charge is 0.478 e. The molecular formula is C17H25NO3. The normalized spacial score (nSPS) is 12.3. The molecule has 1 aromatic carbocycles. The lowest BCUT2D eigenvalue weighted by Gasteiger charge is -2.18. The molecule has 2 N–H and O–H groups in total. The van der Waals surface area contributed by atoms with Gasteiger partial charge in [0, 0.05) is 6.04 Å². The van der Waals surface area contributed by atoms with Crippen LogP contribution in [-0.4, -0.2) is 23.0 Å². The molecule has 21 heavy (non-hydrogen) atoms. The quantitative estimate of drug-likeness (QED) is 0.842. The van der Waals surface area contributed by atoms with E-state index in [-0.39, 0.29) is 23.1 Å². The lowest BCUT2D eigenvalue weighted by Crippen LogP contribution is -2.34. The molecule has 116 valence electrons. The zero-order valence-electron chi connectivity index (χ0n) is 13.5. The average Bonchev–Trinajstić information content (AvgIpc) is 2.38. The minimum absolute atomic E-state index is 0.0291. The van der Waals surface area contributed by atoms with Crippen LogP contribution in [-0.2, 0) is 0 Å². The van der Waals surface area contributed by atoms with Gasteiger partial charge in [-0.3, -0.25) is 4.79 Å². The molecule has 1 rings (SSSR count). The summed E-state index contributed by atoms with van der Waals surface area (Å²) >= 11 is 0. The summed E-state index contributed by atoms with van der Waals surface area (Å²) in [5, 5.41) is 12.3. The smallest absolute Gasteiger partial charge is 0.336 e. The van der Waals surface area contributed by atoms with Gasteiger partial charge in [-0.05, 0) is 50.7 Å². The molecule has 0 heterocycles. The summed E-state index contributed by atoms with van der Waals surface area (Å²) in [5.74, 6) is -0.777. The summed E-state index contributed by atoms with van der Waals surface area (Å²) in [5.41, 5.74) is 1.67. The van der Waals surface area contributed by atoms with E-state index < -0.39 is 5.97 Å². The summed E-state index contributed by atoms with van der Waals surface area (Å²) < 4.78 is 0. The van der Waals surface area contributed by atoms with Crippen molar-refractivity contribution in [1.29, 1.82) is 0 Å². The standard InChI is InChI=1S/C17H25NO3/c1-10(2)6-9-13(5)18-16(19)14-11(3)7-8-12(4)15(14)17(20)21/h7-8,10,13H,6,9H2,1-5H3,(H,18,19)(H,20,21). The number of carbonyl (C=O) groups is 2. The highest BCUT2D eigenvalue weighted by molar-refractivity contribution is 6.06. The Morgan fingerprint density at radius 3 is 2.05 bits per heavy atom. The van der Waals surface area contributed by atoms with Crippen LogP contribution in [0, 0.1) is 19.8 Å². The fourth-order valence-corrected chi connectivity index (χ4v) is 2.33. The molecule has 0 saturated heterocycles. The lowest BCUT2D eigenvalue weighted by atomic mass is 9.96. The van der Waals surface area contributed by atoms with Gasteiger partial charge in [0.15, 0.2) is 0 Å². The predicted molar refractivity (Wildman–Crippen MR) is 83.9 cm³/mol. The fraction of sp³-hybridized carbons (Fsp3) is 0.529. The van der Waals surface area contributed by atoms with Crippen LogP contribution in [0.5, 0.6) is 0 Å². The summed E-state index contributed by atoms with van der Waals surface area (Å²) in [6, 6.07) is 3.55. The molecule has 1 atom stereocenters. The first kappa shape index (κ1) is 17.2. The highest BCUT2D eigenvalue weighted by Crippen LogP contribution is 2.19. The number of amides is 1. The van der Waals surface area contributed by atoms with E-state index in [0.717, 1.165) is 12.8 Å². The van der Waals surface area contributed by atoms with Crippen molar-refractivity contribution < 1.29 is 14.7 Å². The van der Waals surface area contributed by atoms with Gasteiger partial charge in [0.2, 0.25) is 0 Å². The minimum Gasteiger partial charge on any atom is -0.478 e. The van der Waals surface area contributed by atoms with Crippen LogP contribution in [0.1, 0.15) is 65.5 Å². The molecule has 4 heteroatoms. The number of carboxylic acids is 1. The third kappa shape index (κ3) is 4.59. The molecule has 0 aliphatic rings. The van der Waals surface area contributed by atoms with Crippen LogP contribution in [0.25, 0.3) is 0 Å². The summed E-state index contributed by atoms with van der Waals surface area (Å²) in [7, 11) is 0.